The van der Waals surface area contributed by atoms with Gasteiger partial charge in [-0.15, -0.1) is 0 Å². The number of pyridine rings is 1. The molecule has 1 rings (SSSR count). The molecule has 1 aromatic rings. The molecule has 0 saturated heterocycles. The van der Waals surface area contributed by atoms with Crippen molar-refractivity contribution in [2.75, 3.05) is 6.54 Å². The van der Waals surface area contributed by atoms with Crippen molar-refractivity contribution in [1.29, 1.82) is 0 Å². The molecule has 98 valence electrons. The number of carboxylic acids is 1. The van der Waals surface area contributed by atoms with E-state index in [1.807, 2.05) is 13.8 Å². The maximum Gasteiger partial charge on any atom is 0.323 e. The number of rotatable bonds is 5. The second-order valence-corrected chi connectivity index (χ2v) is 4.22. The first-order valence-electron chi connectivity index (χ1n) is 5.91. The predicted octanol–water partition coefficient (Wildman–Crippen LogP) is 1.72. The third-order valence-electron chi connectivity index (χ3n) is 2.93. The van der Waals surface area contributed by atoms with Gasteiger partial charge >= 0.3 is 5.97 Å². The van der Waals surface area contributed by atoms with E-state index in [0.717, 1.165) is 0 Å². The van der Waals surface area contributed by atoms with Crippen LogP contribution in [-0.4, -0.2) is 39.5 Å². The molecule has 0 aromatic carbocycles. The minimum absolute atomic E-state index is 0.117. The van der Waals surface area contributed by atoms with E-state index in [9.17, 15) is 9.59 Å². The topological polar surface area (TPSA) is 70.5 Å². The smallest absolute Gasteiger partial charge is 0.323 e. The fourth-order valence-electron chi connectivity index (χ4n) is 1.66. The Morgan fingerprint density at radius 2 is 2.17 bits per heavy atom. The van der Waals surface area contributed by atoms with Crippen LogP contribution in [0.3, 0.4) is 0 Å². The lowest BCUT2D eigenvalue weighted by Crippen LogP contribution is -2.42. The van der Waals surface area contributed by atoms with E-state index >= 15 is 0 Å². The molecule has 18 heavy (non-hydrogen) atoms. The van der Waals surface area contributed by atoms with Crippen LogP contribution in [0.15, 0.2) is 18.3 Å². The molecule has 5 heteroatoms. The second kappa shape index (κ2) is 6.14. The maximum absolute atomic E-state index is 12.3. The second-order valence-electron chi connectivity index (χ2n) is 4.22. The molecule has 0 bridgehead atoms. The van der Waals surface area contributed by atoms with Gasteiger partial charge in [0, 0.05) is 17.9 Å². The quantitative estimate of drug-likeness (QED) is 0.863. The van der Waals surface area contributed by atoms with Gasteiger partial charge in [0.2, 0.25) is 0 Å². The monoisotopic (exact) mass is 250 g/mol. The van der Waals surface area contributed by atoms with E-state index in [0.29, 0.717) is 17.7 Å². The van der Waals surface area contributed by atoms with Crippen molar-refractivity contribution in [3.05, 3.63) is 29.6 Å². The molecule has 1 N–H and O–H groups in total. The van der Waals surface area contributed by atoms with Crippen molar-refractivity contribution in [2.24, 2.45) is 0 Å². The van der Waals surface area contributed by atoms with E-state index in [1.165, 1.54) is 4.90 Å². The predicted molar refractivity (Wildman–Crippen MR) is 67.4 cm³/mol. The van der Waals surface area contributed by atoms with Crippen LogP contribution < -0.4 is 0 Å². The normalized spacial score (nSPS) is 11.9. The van der Waals surface area contributed by atoms with Gasteiger partial charge in [0.05, 0.1) is 5.56 Å². The summed E-state index contributed by atoms with van der Waals surface area (Å²) in [6, 6.07) is 3.23. The van der Waals surface area contributed by atoms with Crippen LogP contribution in [0.25, 0.3) is 0 Å². The van der Waals surface area contributed by atoms with E-state index < -0.39 is 5.97 Å². The molecule has 0 aliphatic carbocycles. The van der Waals surface area contributed by atoms with Crippen molar-refractivity contribution in [1.82, 2.24) is 9.88 Å². The number of carbonyl (C=O) groups excluding carboxylic acids is 1. The number of carbonyl (C=O) groups is 2. The molecule has 0 fully saturated rings. The summed E-state index contributed by atoms with van der Waals surface area (Å²) >= 11 is 0. The van der Waals surface area contributed by atoms with Gasteiger partial charge in [-0.3, -0.25) is 14.6 Å². The highest BCUT2D eigenvalue weighted by Crippen LogP contribution is 2.12. The van der Waals surface area contributed by atoms with E-state index in [2.05, 4.69) is 4.98 Å². The van der Waals surface area contributed by atoms with Crippen LogP contribution in [0.2, 0.25) is 0 Å². The average Bonchev–Trinajstić information content (AvgIpc) is 2.34. The summed E-state index contributed by atoms with van der Waals surface area (Å²) in [5, 5.41) is 8.88. The Balaban J connectivity index is 3.02. The first kappa shape index (κ1) is 14.2. The molecule has 0 aliphatic heterocycles. The average molecular weight is 250 g/mol. The van der Waals surface area contributed by atoms with Gasteiger partial charge in [-0.1, -0.05) is 6.92 Å². The number of nitrogens with zero attached hydrogens (tertiary/aromatic N) is 2. The lowest BCUT2D eigenvalue weighted by Gasteiger charge is -2.27. The molecule has 0 spiro atoms. The minimum atomic E-state index is -1.01. The molecular formula is C13H18N2O3. The zero-order chi connectivity index (χ0) is 13.7. The van der Waals surface area contributed by atoms with E-state index in [1.54, 1.807) is 25.3 Å². The van der Waals surface area contributed by atoms with Crippen LogP contribution in [-0.2, 0) is 4.79 Å². The molecule has 0 aliphatic rings. The fourth-order valence-corrected chi connectivity index (χ4v) is 1.66. The van der Waals surface area contributed by atoms with Gasteiger partial charge in [0.1, 0.15) is 6.54 Å². The lowest BCUT2D eigenvalue weighted by atomic mass is 10.1. The summed E-state index contributed by atoms with van der Waals surface area (Å²) in [5.41, 5.74) is 1.07. The number of aliphatic carboxylic acids is 1. The van der Waals surface area contributed by atoms with Crippen LogP contribution in [0, 0.1) is 6.92 Å². The van der Waals surface area contributed by atoms with Crippen LogP contribution in [0.5, 0.6) is 0 Å². The largest absolute Gasteiger partial charge is 0.480 e. The number of hydrogen-bond donors (Lipinski definition) is 1. The molecule has 0 radical (unpaired) electrons. The highest BCUT2D eigenvalue weighted by molar-refractivity contribution is 5.96. The number of aryl methyl sites for hydroxylation is 1. The standard InChI is InChI=1S/C13H18N2O3/c1-4-9(2)15(8-12(16)17)13(18)11-6-5-7-14-10(11)3/h5-7,9H,4,8H2,1-3H3,(H,16,17). The summed E-state index contributed by atoms with van der Waals surface area (Å²) < 4.78 is 0. The number of carboxylic acid groups (broad SMARTS) is 1. The molecule has 5 nitrogen and oxygen atoms in total. The molecule has 0 saturated carbocycles. The number of hydrogen-bond acceptors (Lipinski definition) is 3. The zero-order valence-electron chi connectivity index (χ0n) is 10.9. The van der Waals surface area contributed by atoms with Crippen molar-refractivity contribution >= 4 is 11.9 Å². The highest BCUT2D eigenvalue weighted by atomic mass is 16.4. The van der Waals surface area contributed by atoms with Gasteiger partial charge in [0.15, 0.2) is 0 Å². The third kappa shape index (κ3) is 3.29. The van der Waals surface area contributed by atoms with Crippen molar-refractivity contribution in [3.8, 4) is 0 Å². The van der Waals surface area contributed by atoms with Crippen LogP contribution in [0.1, 0.15) is 36.3 Å². The highest BCUT2D eigenvalue weighted by Gasteiger charge is 2.24. The van der Waals surface area contributed by atoms with Gasteiger partial charge in [-0.25, -0.2) is 0 Å². The molecule has 1 unspecified atom stereocenters. The first-order chi connectivity index (χ1) is 8.47. The Kier molecular flexibility index (Phi) is 4.83. The fraction of sp³-hybridized carbons (Fsp3) is 0.462. The molecule has 1 heterocycles. The molecule has 1 atom stereocenters. The zero-order valence-corrected chi connectivity index (χ0v) is 10.9. The van der Waals surface area contributed by atoms with Crippen molar-refractivity contribution < 1.29 is 14.7 Å². The Hall–Kier alpha value is -1.91. The maximum atomic E-state index is 12.3. The van der Waals surface area contributed by atoms with Crippen molar-refractivity contribution in [3.63, 3.8) is 0 Å². The van der Waals surface area contributed by atoms with Crippen LogP contribution >= 0.6 is 0 Å². The SMILES string of the molecule is CCC(C)N(CC(=O)O)C(=O)c1cccnc1C. The molecule has 1 amide bonds. The molecule has 1 aromatic heterocycles. The Morgan fingerprint density at radius 1 is 1.50 bits per heavy atom. The Labute approximate surface area is 106 Å². The van der Waals surface area contributed by atoms with E-state index in [-0.39, 0.29) is 18.5 Å². The Bertz CT molecular complexity index is 446. The van der Waals surface area contributed by atoms with Gasteiger partial charge < -0.3 is 10.0 Å². The first-order valence-corrected chi connectivity index (χ1v) is 5.91. The van der Waals surface area contributed by atoms with Gasteiger partial charge in [-0.05, 0) is 32.4 Å². The van der Waals surface area contributed by atoms with Crippen LogP contribution in [0.4, 0.5) is 0 Å². The summed E-state index contributed by atoms with van der Waals surface area (Å²) in [6.45, 7) is 5.21. The van der Waals surface area contributed by atoms with Crippen molar-refractivity contribution in [2.45, 2.75) is 33.2 Å². The minimum Gasteiger partial charge on any atom is -0.480 e. The lowest BCUT2D eigenvalue weighted by molar-refractivity contribution is -0.138. The third-order valence-corrected chi connectivity index (χ3v) is 2.93. The Morgan fingerprint density at radius 3 is 2.67 bits per heavy atom. The van der Waals surface area contributed by atoms with Gasteiger partial charge in [0.25, 0.3) is 5.91 Å². The molecular weight excluding hydrogens is 232 g/mol. The van der Waals surface area contributed by atoms with Gasteiger partial charge in [-0.2, -0.15) is 0 Å². The number of aromatic nitrogens is 1. The summed E-state index contributed by atoms with van der Waals surface area (Å²) in [4.78, 5) is 28.6. The summed E-state index contributed by atoms with van der Waals surface area (Å²) in [6.07, 6.45) is 2.31. The number of amides is 1. The summed E-state index contributed by atoms with van der Waals surface area (Å²) in [7, 11) is 0. The summed E-state index contributed by atoms with van der Waals surface area (Å²) in [5.74, 6) is -1.29. The van der Waals surface area contributed by atoms with E-state index in [4.69, 9.17) is 5.11 Å².